The van der Waals surface area contributed by atoms with Gasteiger partial charge in [0, 0.05) is 30.5 Å². The van der Waals surface area contributed by atoms with Crippen LogP contribution in [0.4, 0.5) is 5.69 Å². The highest BCUT2D eigenvalue weighted by Gasteiger charge is 2.13. The van der Waals surface area contributed by atoms with Gasteiger partial charge in [-0.1, -0.05) is 0 Å². The van der Waals surface area contributed by atoms with E-state index in [0.717, 1.165) is 0 Å². The monoisotopic (exact) mass is 384 g/mol. The van der Waals surface area contributed by atoms with E-state index >= 15 is 0 Å². The van der Waals surface area contributed by atoms with Gasteiger partial charge in [0.1, 0.15) is 5.69 Å². The highest BCUT2D eigenvalue weighted by Crippen LogP contribution is 2.13. The van der Waals surface area contributed by atoms with Gasteiger partial charge in [-0.3, -0.25) is 14.6 Å². The number of carbonyl (C=O) groups is 3. The van der Waals surface area contributed by atoms with Crippen molar-refractivity contribution in [1.29, 1.82) is 0 Å². The molecular formula is C20H24N4O4. The Bertz CT molecular complexity index is 834. The van der Waals surface area contributed by atoms with Crippen LogP contribution in [0.25, 0.3) is 0 Å². The molecule has 0 unspecified atom stereocenters. The molecule has 8 nitrogen and oxygen atoms in total. The Kier molecular flexibility index (Phi) is 7.65. The first-order valence-electron chi connectivity index (χ1n) is 8.88. The average Bonchev–Trinajstić information content (AvgIpc) is 2.68. The van der Waals surface area contributed by atoms with Crippen LogP contribution in [0.2, 0.25) is 0 Å². The number of likely N-dealkylation sites (N-methyl/N-ethyl adjacent to an activating group) is 1. The molecule has 0 saturated heterocycles. The molecule has 0 aliphatic carbocycles. The summed E-state index contributed by atoms with van der Waals surface area (Å²) in [5.74, 6) is -1.14. The number of nitrogens with zero attached hydrogens (tertiary/aromatic N) is 2. The smallest absolute Gasteiger partial charge is 0.338 e. The fraction of sp³-hybridized carbons (Fsp3) is 0.300. The van der Waals surface area contributed by atoms with Gasteiger partial charge in [-0.15, -0.1) is 0 Å². The molecule has 2 aromatic rings. The number of amides is 2. The van der Waals surface area contributed by atoms with Crippen LogP contribution in [0.1, 0.15) is 38.1 Å². The lowest BCUT2D eigenvalue weighted by Crippen LogP contribution is -2.32. The zero-order chi connectivity index (χ0) is 20.5. The topological polar surface area (TPSA) is 101 Å². The summed E-state index contributed by atoms with van der Waals surface area (Å²) < 4.78 is 4.92. The van der Waals surface area contributed by atoms with Crippen LogP contribution in [0.15, 0.2) is 42.6 Å². The number of hydrogen-bond acceptors (Lipinski definition) is 6. The van der Waals surface area contributed by atoms with Crippen LogP contribution in [0.3, 0.4) is 0 Å². The molecule has 0 aliphatic heterocycles. The van der Waals surface area contributed by atoms with Gasteiger partial charge >= 0.3 is 5.97 Å². The van der Waals surface area contributed by atoms with Crippen molar-refractivity contribution in [3.63, 3.8) is 0 Å². The molecule has 2 rings (SSSR count). The van der Waals surface area contributed by atoms with Gasteiger partial charge in [0.15, 0.2) is 0 Å². The second kappa shape index (κ2) is 10.2. The molecule has 1 aromatic carbocycles. The van der Waals surface area contributed by atoms with E-state index in [-0.39, 0.29) is 17.5 Å². The van der Waals surface area contributed by atoms with Gasteiger partial charge in [-0.2, -0.15) is 0 Å². The molecule has 0 spiro atoms. The fourth-order valence-corrected chi connectivity index (χ4v) is 2.29. The highest BCUT2D eigenvalue weighted by atomic mass is 16.5. The maximum atomic E-state index is 12.4. The Balaban J connectivity index is 2.00. The predicted molar refractivity (Wildman–Crippen MR) is 105 cm³/mol. The number of pyridine rings is 1. The third-order valence-electron chi connectivity index (χ3n) is 3.75. The normalized spacial score (nSPS) is 10.4. The lowest BCUT2D eigenvalue weighted by molar-refractivity contribution is 0.0526. The number of ether oxygens (including phenoxy) is 1. The molecule has 0 bridgehead atoms. The van der Waals surface area contributed by atoms with Crippen molar-refractivity contribution in [3.8, 4) is 0 Å². The fourth-order valence-electron chi connectivity index (χ4n) is 2.29. The number of esters is 1. The number of nitrogens with one attached hydrogen (secondary N) is 2. The van der Waals surface area contributed by atoms with Crippen molar-refractivity contribution in [3.05, 3.63) is 59.4 Å². The molecule has 0 aliphatic rings. The van der Waals surface area contributed by atoms with Crippen molar-refractivity contribution in [2.24, 2.45) is 0 Å². The lowest BCUT2D eigenvalue weighted by atomic mass is 10.2. The number of aromatic nitrogens is 1. The Morgan fingerprint density at radius 2 is 1.75 bits per heavy atom. The zero-order valence-electron chi connectivity index (χ0n) is 16.2. The molecule has 1 heterocycles. The summed E-state index contributed by atoms with van der Waals surface area (Å²) in [6.07, 6.45) is 1.42. The minimum Gasteiger partial charge on any atom is -0.462 e. The summed E-state index contributed by atoms with van der Waals surface area (Å²) in [5, 5.41) is 5.48. The van der Waals surface area contributed by atoms with Gasteiger partial charge in [0.2, 0.25) is 0 Å². The molecule has 8 heteroatoms. The van der Waals surface area contributed by atoms with Gasteiger partial charge in [0.25, 0.3) is 11.8 Å². The molecule has 0 fully saturated rings. The Morgan fingerprint density at radius 3 is 2.39 bits per heavy atom. The van der Waals surface area contributed by atoms with E-state index in [1.54, 1.807) is 31.2 Å². The second-order valence-corrected chi connectivity index (χ2v) is 6.24. The zero-order valence-corrected chi connectivity index (χ0v) is 16.2. The molecule has 28 heavy (non-hydrogen) atoms. The maximum Gasteiger partial charge on any atom is 0.338 e. The Labute approximate surface area is 163 Å². The molecule has 0 radical (unpaired) electrons. The Hall–Kier alpha value is -3.26. The van der Waals surface area contributed by atoms with Crippen LogP contribution >= 0.6 is 0 Å². The van der Waals surface area contributed by atoms with Crippen molar-refractivity contribution in [1.82, 2.24) is 15.2 Å². The quantitative estimate of drug-likeness (QED) is 0.673. The summed E-state index contributed by atoms with van der Waals surface area (Å²) in [6.45, 7) is 3.22. The van der Waals surface area contributed by atoms with Crippen LogP contribution < -0.4 is 10.6 Å². The molecule has 0 atom stereocenters. The second-order valence-electron chi connectivity index (χ2n) is 6.24. The van der Waals surface area contributed by atoms with E-state index in [0.29, 0.717) is 36.5 Å². The van der Waals surface area contributed by atoms with E-state index in [9.17, 15) is 14.4 Å². The first kappa shape index (κ1) is 21.0. The third kappa shape index (κ3) is 6.17. The number of anilines is 1. The third-order valence-corrected chi connectivity index (χ3v) is 3.75. The first-order valence-corrected chi connectivity index (χ1v) is 8.88. The number of benzene rings is 1. The van der Waals surface area contributed by atoms with Crippen LogP contribution in [-0.2, 0) is 4.74 Å². The van der Waals surface area contributed by atoms with Gasteiger partial charge in [-0.05, 0) is 57.4 Å². The molecular weight excluding hydrogens is 360 g/mol. The van der Waals surface area contributed by atoms with Crippen molar-refractivity contribution in [2.75, 3.05) is 39.1 Å². The van der Waals surface area contributed by atoms with Crippen molar-refractivity contribution < 1.29 is 19.1 Å². The summed E-state index contributed by atoms with van der Waals surface area (Å²) in [4.78, 5) is 42.2. The lowest BCUT2D eigenvalue weighted by Gasteiger charge is -2.10. The number of hydrogen-bond donors (Lipinski definition) is 2. The molecule has 1 aromatic heterocycles. The number of carbonyl (C=O) groups excluding carboxylic acids is 3. The summed E-state index contributed by atoms with van der Waals surface area (Å²) in [5.41, 5.74) is 1.40. The molecule has 0 saturated carbocycles. The van der Waals surface area contributed by atoms with E-state index in [2.05, 4.69) is 15.6 Å². The number of rotatable bonds is 8. The predicted octanol–water partition coefficient (Wildman–Crippen LogP) is 1.80. The van der Waals surface area contributed by atoms with Crippen LogP contribution in [-0.4, -0.2) is 61.5 Å². The van der Waals surface area contributed by atoms with Crippen LogP contribution in [0.5, 0.6) is 0 Å². The molecule has 2 N–H and O–H groups in total. The summed E-state index contributed by atoms with van der Waals surface area (Å²) in [6, 6.07) is 9.33. The van der Waals surface area contributed by atoms with Gasteiger partial charge in [0.05, 0.1) is 12.2 Å². The summed E-state index contributed by atoms with van der Waals surface area (Å²) >= 11 is 0. The Morgan fingerprint density at radius 1 is 1.04 bits per heavy atom. The van der Waals surface area contributed by atoms with Crippen molar-refractivity contribution >= 4 is 23.5 Å². The molecule has 148 valence electrons. The van der Waals surface area contributed by atoms with Crippen LogP contribution in [0, 0.1) is 0 Å². The van der Waals surface area contributed by atoms with E-state index in [4.69, 9.17) is 4.74 Å². The SMILES string of the molecule is CCOC(=O)c1ccc(NC(=O)c2ccnc(C(=O)NCCN(C)C)c2)cc1. The van der Waals surface area contributed by atoms with E-state index in [1.165, 1.54) is 18.3 Å². The first-order chi connectivity index (χ1) is 13.4. The highest BCUT2D eigenvalue weighted by molar-refractivity contribution is 6.05. The minimum absolute atomic E-state index is 0.170. The standard InChI is InChI=1S/C20H24N4O4/c1-4-28-20(27)14-5-7-16(8-6-14)23-18(25)15-9-10-21-17(13-15)19(26)22-11-12-24(2)3/h5-10,13H,4,11-12H2,1-3H3,(H,22,26)(H,23,25). The maximum absolute atomic E-state index is 12.4. The van der Waals surface area contributed by atoms with Crippen molar-refractivity contribution in [2.45, 2.75) is 6.92 Å². The largest absolute Gasteiger partial charge is 0.462 e. The molecule has 2 amide bonds. The summed E-state index contributed by atoms with van der Waals surface area (Å²) in [7, 11) is 3.82. The average molecular weight is 384 g/mol. The van der Waals surface area contributed by atoms with E-state index < -0.39 is 5.97 Å². The minimum atomic E-state index is -0.417. The van der Waals surface area contributed by atoms with Gasteiger partial charge in [-0.25, -0.2) is 4.79 Å². The van der Waals surface area contributed by atoms with Gasteiger partial charge < -0.3 is 20.3 Å². The van der Waals surface area contributed by atoms with E-state index in [1.807, 2.05) is 19.0 Å².